The van der Waals surface area contributed by atoms with Crippen LogP contribution in [0.1, 0.15) is 23.7 Å². The van der Waals surface area contributed by atoms with E-state index in [1.54, 1.807) is 25.1 Å². The Morgan fingerprint density at radius 1 is 1.44 bits per heavy atom. The maximum atomic E-state index is 11.9. The van der Waals surface area contributed by atoms with Gasteiger partial charge in [-0.2, -0.15) is 0 Å². The second kappa shape index (κ2) is 6.33. The van der Waals surface area contributed by atoms with Crippen molar-refractivity contribution in [1.82, 2.24) is 5.32 Å². The fourth-order valence-electron chi connectivity index (χ4n) is 1.40. The minimum Gasteiger partial charge on any atom is -0.350 e. The first-order chi connectivity index (χ1) is 8.28. The van der Waals surface area contributed by atoms with Crippen LogP contribution >= 0.6 is 15.9 Å². The average molecular weight is 334 g/mol. The molecule has 1 aromatic carbocycles. The molecule has 0 aromatic heterocycles. The van der Waals surface area contributed by atoms with Gasteiger partial charge in [-0.25, -0.2) is 8.42 Å². The van der Waals surface area contributed by atoms with Gasteiger partial charge in [0, 0.05) is 22.3 Å². The van der Waals surface area contributed by atoms with Crippen LogP contribution in [0.2, 0.25) is 0 Å². The molecule has 1 amide bonds. The molecule has 0 aliphatic carbocycles. The van der Waals surface area contributed by atoms with Crippen molar-refractivity contribution in [1.29, 1.82) is 0 Å². The Morgan fingerprint density at radius 2 is 2.11 bits per heavy atom. The lowest BCUT2D eigenvalue weighted by Gasteiger charge is -2.13. The number of nitrogens with one attached hydrogen (secondary N) is 1. The fourth-order valence-corrected chi connectivity index (χ4v) is 2.58. The van der Waals surface area contributed by atoms with Crippen LogP contribution in [0.5, 0.6) is 0 Å². The Morgan fingerprint density at radius 3 is 2.67 bits per heavy atom. The van der Waals surface area contributed by atoms with Crippen molar-refractivity contribution in [2.24, 2.45) is 0 Å². The highest BCUT2D eigenvalue weighted by atomic mass is 79.9. The number of carbonyl (C=O) groups is 1. The van der Waals surface area contributed by atoms with E-state index in [9.17, 15) is 13.2 Å². The SMILES string of the molecule is CC(CCS(C)(=O)=O)NC(=O)c1cccc(Br)c1. The molecule has 0 heterocycles. The number of amides is 1. The van der Waals surface area contributed by atoms with Crippen molar-refractivity contribution in [3.05, 3.63) is 34.3 Å². The molecule has 0 aliphatic heterocycles. The number of hydrogen-bond acceptors (Lipinski definition) is 3. The number of benzene rings is 1. The van der Waals surface area contributed by atoms with Gasteiger partial charge in [0.15, 0.2) is 0 Å². The van der Waals surface area contributed by atoms with Gasteiger partial charge >= 0.3 is 0 Å². The second-order valence-electron chi connectivity index (χ2n) is 4.30. The first-order valence-corrected chi connectivity index (χ1v) is 8.37. The lowest BCUT2D eigenvalue weighted by molar-refractivity contribution is 0.0939. The molecular weight excluding hydrogens is 318 g/mol. The molecule has 0 saturated carbocycles. The molecule has 0 aliphatic rings. The maximum Gasteiger partial charge on any atom is 0.251 e. The fraction of sp³-hybridized carbons (Fsp3) is 0.417. The van der Waals surface area contributed by atoms with E-state index in [-0.39, 0.29) is 17.7 Å². The maximum absolute atomic E-state index is 11.9. The number of rotatable bonds is 5. The molecule has 0 bridgehead atoms. The molecular formula is C12H16BrNO3S. The topological polar surface area (TPSA) is 63.2 Å². The molecule has 100 valence electrons. The van der Waals surface area contributed by atoms with Crippen LogP contribution in [0.3, 0.4) is 0 Å². The van der Waals surface area contributed by atoms with Gasteiger partial charge in [0.05, 0.1) is 5.75 Å². The molecule has 4 nitrogen and oxygen atoms in total. The second-order valence-corrected chi connectivity index (χ2v) is 7.48. The predicted molar refractivity (Wildman–Crippen MR) is 75.4 cm³/mol. The summed E-state index contributed by atoms with van der Waals surface area (Å²) in [6.45, 7) is 1.79. The van der Waals surface area contributed by atoms with Crippen molar-refractivity contribution in [2.45, 2.75) is 19.4 Å². The first kappa shape index (κ1) is 15.2. The smallest absolute Gasteiger partial charge is 0.251 e. The molecule has 0 radical (unpaired) electrons. The monoisotopic (exact) mass is 333 g/mol. The molecule has 1 atom stereocenters. The van der Waals surface area contributed by atoms with E-state index in [2.05, 4.69) is 21.2 Å². The summed E-state index contributed by atoms with van der Waals surface area (Å²) in [5.74, 6) is -0.121. The summed E-state index contributed by atoms with van der Waals surface area (Å²) in [6.07, 6.45) is 1.61. The molecule has 1 aromatic rings. The summed E-state index contributed by atoms with van der Waals surface area (Å²) < 4.78 is 22.9. The summed E-state index contributed by atoms with van der Waals surface area (Å²) >= 11 is 3.29. The van der Waals surface area contributed by atoms with E-state index in [1.165, 1.54) is 6.26 Å². The van der Waals surface area contributed by atoms with Gasteiger partial charge in [0.2, 0.25) is 0 Å². The molecule has 0 saturated heterocycles. The molecule has 1 unspecified atom stereocenters. The minimum atomic E-state index is -2.99. The third-order valence-electron chi connectivity index (χ3n) is 2.39. The van der Waals surface area contributed by atoms with E-state index in [0.717, 1.165) is 4.47 Å². The minimum absolute atomic E-state index is 0.0763. The van der Waals surface area contributed by atoms with Gasteiger partial charge in [0.25, 0.3) is 5.91 Å². The number of halogens is 1. The van der Waals surface area contributed by atoms with Crippen LogP contribution in [0.4, 0.5) is 0 Å². The van der Waals surface area contributed by atoms with Gasteiger partial charge < -0.3 is 5.32 Å². The largest absolute Gasteiger partial charge is 0.350 e. The van der Waals surface area contributed by atoms with Crippen LogP contribution in [0.25, 0.3) is 0 Å². The average Bonchev–Trinajstić information content (AvgIpc) is 2.25. The van der Waals surface area contributed by atoms with Gasteiger partial charge in [-0.1, -0.05) is 22.0 Å². The van der Waals surface area contributed by atoms with Crippen LogP contribution in [-0.2, 0) is 9.84 Å². The standard InChI is InChI=1S/C12H16BrNO3S/c1-9(6-7-18(2,16)17)14-12(15)10-4-3-5-11(13)8-10/h3-5,8-9H,6-7H2,1-2H3,(H,14,15). The van der Waals surface area contributed by atoms with Crippen molar-refractivity contribution >= 4 is 31.7 Å². The Hall–Kier alpha value is -0.880. The summed E-state index contributed by atoms with van der Waals surface area (Å²) in [5.41, 5.74) is 0.551. The van der Waals surface area contributed by atoms with E-state index in [0.29, 0.717) is 12.0 Å². The Kier molecular flexibility index (Phi) is 5.34. The van der Waals surface area contributed by atoms with Crippen molar-refractivity contribution < 1.29 is 13.2 Å². The Labute approximate surface area is 116 Å². The van der Waals surface area contributed by atoms with Gasteiger partial charge in [-0.05, 0) is 31.5 Å². The summed E-state index contributed by atoms with van der Waals surface area (Å²) in [7, 11) is -2.99. The van der Waals surface area contributed by atoms with Crippen molar-refractivity contribution in [3.63, 3.8) is 0 Å². The molecule has 6 heteroatoms. The molecule has 0 fully saturated rings. The van der Waals surface area contributed by atoms with E-state index >= 15 is 0 Å². The predicted octanol–water partition coefficient (Wildman–Crippen LogP) is 2.00. The Balaban J connectivity index is 2.55. The molecule has 1 N–H and O–H groups in total. The highest BCUT2D eigenvalue weighted by Gasteiger charge is 2.12. The van der Waals surface area contributed by atoms with Crippen LogP contribution < -0.4 is 5.32 Å². The molecule has 1 rings (SSSR count). The van der Waals surface area contributed by atoms with Crippen molar-refractivity contribution in [2.75, 3.05) is 12.0 Å². The van der Waals surface area contributed by atoms with E-state index in [1.807, 2.05) is 6.07 Å². The number of carbonyl (C=O) groups excluding carboxylic acids is 1. The quantitative estimate of drug-likeness (QED) is 0.896. The highest BCUT2D eigenvalue weighted by molar-refractivity contribution is 9.10. The highest BCUT2D eigenvalue weighted by Crippen LogP contribution is 2.11. The lowest BCUT2D eigenvalue weighted by atomic mass is 10.2. The number of hydrogen-bond donors (Lipinski definition) is 1. The first-order valence-electron chi connectivity index (χ1n) is 5.52. The third-order valence-corrected chi connectivity index (χ3v) is 3.86. The Bertz CT molecular complexity index is 528. The third kappa shape index (κ3) is 5.64. The van der Waals surface area contributed by atoms with Crippen LogP contribution in [-0.4, -0.2) is 32.4 Å². The summed E-state index contributed by atoms with van der Waals surface area (Å²) in [6, 6.07) is 6.87. The van der Waals surface area contributed by atoms with Crippen LogP contribution in [0, 0.1) is 0 Å². The van der Waals surface area contributed by atoms with E-state index < -0.39 is 9.84 Å². The summed E-state index contributed by atoms with van der Waals surface area (Å²) in [4.78, 5) is 11.9. The zero-order valence-corrected chi connectivity index (χ0v) is 12.7. The van der Waals surface area contributed by atoms with Crippen LogP contribution in [0.15, 0.2) is 28.7 Å². The molecule has 18 heavy (non-hydrogen) atoms. The van der Waals surface area contributed by atoms with Gasteiger partial charge in [-0.3, -0.25) is 4.79 Å². The van der Waals surface area contributed by atoms with E-state index in [4.69, 9.17) is 0 Å². The van der Waals surface area contributed by atoms with Gasteiger partial charge in [0.1, 0.15) is 9.84 Å². The normalized spacial score (nSPS) is 13.1. The lowest BCUT2D eigenvalue weighted by Crippen LogP contribution is -2.33. The zero-order valence-electron chi connectivity index (χ0n) is 10.3. The molecule has 0 spiro atoms. The van der Waals surface area contributed by atoms with Gasteiger partial charge in [-0.15, -0.1) is 0 Å². The zero-order chi connectivity index (χ0) is 13.8. The summed E-state index contributed by atoms with van der Waals surface area (Å²) in [5, 5.41) is 2.77. The van der Waals surface area contributed by atoms with Crippen molar-refractivity contribution in [3.8, 4) is 0 Å². The number of sulfone groups is 1.